The van der Waals surface area contributed by atoms with Crippen molar-refractivity contribution in [3.05, 3.63) is 12.7 Å². The molecule has 2 aromatic rings. The van der Waals surface area contributed by atoms with E-state index in [1.54, 1.807) is 0 Å². The standard InChI is InChI=1S/C10H13N5O4.HO6PS/c11-8-5-9(13-2-12-8)15(3-14-5)10-7(18)6(17)4(1-16)19-10;1-7(2)6-8(3,4)5/h2-4,6-7,10,16-18H,1H2,(H2,11,12,13);(H,3,4,5)/t4-,6-,7-,10-;/m1./s1. The normalized spacial score (nSPS) is 25.2. The molecule has 4 atom stereocenters. The second-order valence-corrected chi connectivity index (χ2v) is 6.94. The lowest BCUT2D eigenvalue weighted by Gasteiger charge is -2.16. The topological polar surface area (TPSA) is 237 Å². The van der Waals surface area contributed by atoms with Crippen molar-refractivity contribution in [2.45, 2.75) is 24.5 Å². The summed E-state index contributed by atoms with van der Waals surface area (Å²) in [5.41, 5.74) is 6.44. The number of aliphatic hydroxyl groups excluding tert-OH is 3. The number of nitrogen functional groups attached to an aromatic ring is 1. The van der Waals surface area contributed by atoms with Crippen LogP contribution in [0.1, 0.15) is 6.23 Å². The molecule has 0 bridgehead atoms. The molecule has 0 aliphatic carbocycles. The van der Waals surface area contributed by atoms with Crippen molar-refractivity contribution in [3.63, 3.8) is 0 Å². The highest BCUT2D eigenvalue weighted by atomic mass is 32.3. The van der Waals surface area contributed by atoms with Crippen molar-refractivity contribution >= 4 is 35.3 Å². The molecule has 0 spiro atoms. The summed E-state index contributed by atoms with van der Waals surface area (Å²) in [5, 5.41) is 28.7. The zero-order valence-corrected chi connectivity index (χ0v) is 14.8. The Bertz CT molecular complexity index is 970. The summed E-state index contributed by atoms with van der Waals surface area (Å²) in [4.78, 5) is 11.9. The molecule has 17 heteroatoms. The molecule has 1 fully saturated rings. The first-order valence-corrected chi connectivity index (χ1v) is 9.38. The van der Waals surface area contributed by atoms with Gasteiger partial charge in [-0.05, 0) is 0 Å². The van der Waals surface area contributed by atoms with Gasteiger partial charge in [-0.15, -0.1) is 3.97 Å². The molecule has 1 saturated heterocycles. The van der Waals surface area contributed by atoms with Crippen LogP contribution in [0.15, 0.2) is 12.7 Å². The minimum atomic E-state index is -4.82. The summed E-state index contributed by atoms with van der Waals surface area (Å²) in [5.74, 6) is 0.218. The Hall–Kier alpha value is -2.04. The highest BCUT2D eigenvalue weighted by Gasteiger charge is 2.43. The molecule has 1 aliphatic rings. The van der Waals surface area contributed by atoms with Crippen LogP contribution in [0, 0.1) is 0 Å². The minimum absolute atomic E-state index is 0.218. The van der Waals surface area contributed by atoms with Gasteiger partial charge in [-0.3, -0.25) is 9.12 Å². The van der Waals surface area contributed by atoms with E-state index in [-0.39, 0.29) is 5.82 Å². The van der Waals surface area contributed by atoms with E-state index in [9.17, 15) is 27.8 Å². The van der Waals surface area contributed by atoms with Crippen molar-refractivity contribution in [3.8, 4) is 0 Å². The zero-order chi connectivity index (χ0) is 20.4. The van der Waals surface area contributed by atoms with E-state index in [1.165, 1.54) is 17.2 Å². The summed E-state index contributed by atoms with van der Waals surface area (Å²) in [6.07, 6.45) is -1.42. The molecule has 0 amide bonds. The lowest BCUT2D eigenvalue weighted by molar-refractivity contribution is -0.0511. The SMILES string of the molecule is Nc1ncnc2c1ncn2[C@@H]1O[C@H](CO)[C@@H](O)[C@H]1O.O=P(=O)OS(=O)(=O)O. The van der Waals surface area contributed by atoms with Gasteiger partial charge >= 0.3 is 18.3 Å². The number of aliphatic hydroxyl groups is 3. The Morgan fingerprint density at radius 2 is 1.93 bits per heavy atom. The predicted molar refractivity (Wildman–Crippen MR) is 83.7 cm³/mol. The summed E-state index contributed by atoms with van der Waals surface area (Å²) < 4.78 is 54.7. The number of fused-ring (bicyclic) bond motifs is 1. The van der Waals surface area contributed by atoms with Gasteiger partial charge in [-0.25, -0.2) is 24.1 Å². The maximum Gasteiger partial charge on any atom is 0.485 e. The lowest BCUT2D eigenvalue weighted by atomic mass is 10.1. The number of nitrogens with zero attached hydrogens (tertiary/aromatic N) is 4. The van der Waals surface area contributed by atoms with Crippen LogP contribution in [0.5, 0.6) is 0 Å². The van der Waals surface area contributed by atoms with Gasteiger partial charge in [0.15, 0.2) is 17.7 Å². The van der Waals surface area contributed by atoms with Gasteiger partial charge in [0, 0.05) is 0 Å². The number of hydrogen-bond donors (Lipinski definition) is 5. The smallest absolute Gasteiger partial charge is 0.394 e. The molecule has 150 valence electrons. The molecule has 6 N–H and O–H groups in total. The maximum atomic E-state index is 9.95. The number of hydrogen-bond acceptors (Lipinski definition) is 13. The quantitative estimate of drug-likeness (QED) is 0.260. The van der Waals surface area contributed by atoms with Crippen molar-refractivity contribution < 1.29 is 46.1 Å². The van der Waals surface area contributed by atoms with Gasteiger partial charge in [0.2, 0.25) is 0 Å². The van der Waals surface area contributed by atoms with E-state index >= 15 is 0 Å². The van der Waals surface area contributed by atoms with Crippen molar-refractivity contribution in [1.82, 2.24) is 19.5 Å². The summed E-state index contributed by atoms with van der Waals surface area (Å²) in [6.45, 7) is -0.390. The second-order valence-electron chi connectivity index (χ2n) is 5.04. The highest BCUT2D eigenvalue weighted by molar-refractivity contribution is 7.83. The van der Waals surface area contributed by atoms with Gasteiger partial charge in [-0.1, -0.05) is 0 Å². The van der Waals surface area contributed by atoms with Gasteiger partial charge in [0.05, 0.1) is 12.9 Å². The third-order valence-electron chi connectivity index (χ3n) is 3.33. The highest BCUT2D eigenvalue weighted by Crippen LogP contribution is 2.31. The zero-order valence-electron chi connectivity index (χ0n) is 13.1. The molecule has 0 saturated carbocycles. The molecule has 3 rings (SSSR count). The second kappa shape index (κ2) is 8.32. The Morgan fingerprint density at radius 3 is 2.41 bits per heavy atom. The average molecular weight is 427 g/mol. The summed E-state index contributed by atoms with van der Waals surface area (Å²) >= 11 is 0. The van der Waals surface area contributed by atoms with Crippen LogP contribution >= 0.6 is 7.91 Å². The maximum absolute atomic E-state index is 9.95. The average Bonchev–Trinajstić information content (AvgIpc) is 3.09. The van der Waals surface area contributed by atoms with Crippen molar-refractivity contribution in [1.29, 1.82) is 0 Å². The molecule has 3 heterocycles. The van der Waals surface area contributed by atoms with E-state index in [0.29, 0.717) is 11.2 Å². The van der Waals surface area contributed by atoms with E-state index in [1.807, 2.05) is 0 Å². The first-order chi connectivity index (χ1) is 12.5. The molecule has 15 nitrogen and oxygen atoms in total. The van der Waals surface area contributed by atoms with Gasteiger partial charge < -0.3 is 25.8 Å². The fourth-order valence-corrected chi connectivity index (χ4v) is 2.86. The van der Waals surface area contributed by atoms with Gasteiger partial charge in [0.25, 0.3) is 0 Å². The number of imidazole rings is 1. The molecule has 0 unspecified atom stereocenters. The van der Waals surface area contributed by atoms with Crippen molar-refractivity contribution in [2.75, 3.05) is 12.3 Å². The van der Waals surface area contributed by atoms with E-state index in [0.717, 1.165) is 0 Å². The predicted octanol–water partition coefficient (Wildman–Crippen LogP) is -2.09. The molecule has 27 heavy (non-hydrogen) atoms. The summed E-state index contributed by atoms with van der Waals surface area (Å²) in [7, 11) is -8.35. The first-order valence-electron chi connectivity index (χ1n) is 6.92. The molecular formula is C10H14N5O10PS. The first kappa shape index (κ1) is 21.3. The van der Waals surface area contributed by atoms with Gasteiger partial charge in [-0.2, -0.15) is 8.42 Å². The van der Waals surface area contributed by atoms with Crippen LogP contribution in [-0.4, -0.2) is 72.7 Å². The summed E-state index contributed by atoms with van der Waals surface area (Å²) in [6, 6.07) is 0. The number of aromatic nitrogens is 4. The molecule has 2 aromatic heterocycles. The molecule has 0 aromatic carbocycles. The van der Waals surface area contributed by atoms with Crippen LogP contribution in [0.4, 0.5) is 5.82 Å². The van der Waals surface area contributed by atoms with Crippen LogP contribution < -0.4 is 5.73 Å². The molecule has 1 aliphatic heterocycles. The van der Waals surface area contributed by atoms with Crippen LogP contribution in [-0.2, 0) is 28.2 Å². The number of ether oxygens (including phenoxy) is 1. The van der Waals surface area contributed by atoms with E-state index in [4.69, 9.17) is 20.1 Å². The monoisotopic (exact) mass is 427 g/mol. The molecule has 0 radical (unpaired) electrons. The van der Waals surface area contributed by atoms with Crippen LogP contribution in [0.3, 0.4) is 0 Å². The van der Waals surface area contributed by atoms with Crippen LogP contribution in [0.25, 0.3) is 11.2 Å². The Kier molecular flexibility index (Phi) is 6.55. The van der Waals surface area contributed by atoms with Crippen LogP contribution in [0.2, 0.25) is 0 Å². The minimum Gasteiger partial charge on any atom is -0.394 e. The number of anilines is 1. The fraction of sp³-hybridized carbons (Fsp3) is 0.500. The fourth-order valence-electron chi connectivity index (χ4n) is 2.24. The lowest BCUT2D eigenvalue weighted by Crippen LogP contribution is -2.33. The Morgan fingerprint density at radius 1 is 1.26 bits per heavy atom. The van der Waals surface area contributed by atoms with Gasteiger partial charge in [0.1, 0.15) is 30.2 Å². The van der Waals surface area contributed by atoms with E-state index in [2.05, 4.69) is 18.9 Å². The molecular weight excluding hydrogens is 413 g/mol. The Balaban J connectivity index is 0.000000279. The number of rotatable bonds is 4. The van der Waals surface area contributed by atoms with Crippen molar-refractivity contribution in [2.24, 2.45) is 0 Å². The largest absolute Gasteiger partial charge is 0.485 e. The van der Waals surface area contributed by atoms with E-state index < -0.39 is 49.5 Å². The Labute approximate surface area is 151 Å². The third-order valence-corrected chi connectivity index (χ3v) is 4.57. The number of nitrogens with two attached hydrogens (primary N) is 1. The third kappa shape index (κ3) is 5.02.